The number of carbonyl (C=O) groups is 1. The number of rotatable bonds is 4. The summed E-state index contributed by atoms with van der Waals surface area (Å²) in [6, 6.07) is 7.06. The number of hydrogen-bond acceptors (Lipinski definition) is 3. The zero-order chi connectivity index (χ0) is 14.7. The van der Waals surface area contributed by atoms with Crippen LogP contribution in [0.2, 0.25) is 5.02 Å². The van der Waals surface area contributed by atoms with Gasteiger partial charge in [0.2, 0.25) is 0 Å². The Bertz CT molecular complexity index is 662. The minimum Gasteiger partial charge on any atom is -0.458 e. The number of ether oxygens (including phenoxy) is 1. The van der Waals surface area contributed by atoms with Crippen molar-refractivity contribution in [3.05, 3.63) is 58.9 Å². The van der Waals surface area contributed by atoms with Crippen molar-refractivity contribution in [2.75, 3.05) is 6.61 Å². The van der Waals surface area contributed by atoms with Crippen LogP contribution in [-0.4, -0.2) is 22.4 Å². The molecule has 0 spiro atoms. The fourth-order valence-electron chi connectivity index (χ4n) is 1.86. The zero-order valence-electron chi connectivity index (χ0n) is 11.4. The van der Waals surface area contributed by atoms with Gasteiger partial charge in [-0.25, -0.2) is 9.48 Å². The molecule has 1 heterocycles. The van der Waals surface area contributed by atoms with Crippen molar-refractivity contribution in [3.63, 3.8) is 0 Å². The number of aromatic nitrogens is 2. The molecule has 104 valence electrons. The van der Waals surface area contributed by atoms with Gasteiger partial charge in [0.1, 0.15) is 6.61 Å². The average Bonchev–Trinajstić information content (AvgIpc) is 2.72. The largest absolute Gasteiger partial charge is 0.458 e. The maximum absolute atomic E-state index is 11.8. The van der Waals surface area contributed by atoms with Gasteiger partial charge in [-0.15, -0.1) is 0 Å². The molecular weight excluding hydrogens is 276 g/mol. The Kier molecular flexibility index (Phi) is 4.25. The summed E-state index contributed by atoms with van der Waals surface area (Å²) in [6.07, 6.45) is 1.53. The van der Waals surface area contributed by atoms with Crippen molar-refractivity contribution >= 4 is 17.6 Å². The molecule has 0 N–H and O–H groups in total. The summed E-state index contributed by atoms with van der Waals surface area (Å²) < 4.78 is 6.72. The summed E-state index contributed by atoms with van der Waals surface area (Å²) in [4.78, 5) is 11.8. The van der Waals surface area contributed by atoms with Gasteiger partial charge in [-0.1, -0.05) is 30.3 Å². The van der Waals surface area contributed by atoms with Gasteiger partial charge in [-0.3, -0.25) is 0 Å². The van der Waals surface area contributed by atoms with Crippen LogP contribution in [0.3, 0.4) is 0 Å². The van der Waals surface area contributed by atoms with Crippen LogP contribution in [-0.2, 0) is 4.74 Å². The lowest BCUT2D eigenvalue weighted by Crippen LogP contribution is -2.07. The first-order chi connectivity index (χ1) is 9.54. The highest BCUT2D eigenvalue weighted by molar-refractivity contribution is 6.31. The second-order valence-electron chi connectivity index (χ2n) is 4.33. The highest BCUT2D eigenvalue weighted by atomic mass is 35.5. The van der Waals surface area contributed by atoms with Crippen LogP contribution < -0.4 is 0 Å². The summed E-state index contributed by atoms with van der Waals surface area (Å²) in [5, 5.41) is 4.99. The predicted octanol–water partition coefficient (Wildman–Crippen LogP) is 3.49. The Morgan fingerprint density at radius 2 is 2.25 bits per heavy atom. The molecule has 0 bridgehead atoms. The van der Waals surface area contributed by atoms with E-state index in [0.717, 1.165) is 17.1 Å². The molecule has 0 saturated carbocycles. The Labute approximate surface area is 122 Å². The van der Waals surface area contributed by atoms with Crippen molar-refractivity contribution in [1.82, 2.24) is 9.78 Å². The molecule has 0 atom stereocenters. The molecule has 2 aromatic rings. The molecule has 0 unspecified atom stereocenters. The van der Waals surface area contributed by atoms with Crippen molar-refractivity contribution in [3.8, 4) is 5.69 Å². The quantitative estimate of drug-likeness (QED) is 0.639. The van der Waals surface area contributed by atoms with Crippen LogP contribution in [0.4, 0.5) is 0 Å². The lowest BCUT2D eigenvalue weighted by molar-refractivity contribution is 0.0549. The van der Waals surface area contributed by atoms with Crippen LogP contribution in [0.25, 0.3) is 5.69 Å². The Balaban J connectivity index is 2.36. The highest BCUT2D eigenvalue weighted by Crippen LogP contribution is 2.22. The lowest BCUT2D eigenvalue weighted by atomic mass is 10.2. The molecule has 0 radical (unpaired) electrons. The number of hydrogen-bond donors (Lipinski definition) is 0. The number of nitrogens with zero attached hydrogens (tertiary/aromatic N) is 2. The van der Waals surface area contributed by atoms with Crippen LogP contribution in [0, 0.1) is 13.8 Å². The fraction of sp³-hybridized carbons (Fsp3) is 0.200. The second-order valence-corrected chi connectivity index (χ2v) is 4.71. The van der Waals surface area contributed by atoms with Gasteiger partial charge < -0.3 is 4.74 Å². The van der Waals surface area contributed by atoms with Crippen LogP contribution in [0.1, 0.15) is 21.7 Å². The molecule has 4 nitrogen and oxygen atoms in total. The van der Waals surface area contributed by atoms with Gasteiger partial charge in [0, 0.05) is 0 Å². The third-order valence-electron chi connectivity index (χ3n) is 2.86. The van der Waals surface area contributed by atoms with E-state index in [9.17, 15) is 4.79 Å². The van der Waals surface area contributed by atoms with E-state index in [2.05, 4.69) is 11.7 Å². The monoisotopic (exact) mass is 290 g/mol. The predicted molar refractivity (Wildman–Crippen MR) is 78.5 cm³/mol. The number of carbonyl (C=O) groups excluding carboxylic acids is 1. The van der Waals surface area contributed by atoms with E-state index in [0.29, 0.717) is 10.6 Å². The van der Waals surface area contributed by atoms with Gasteiger partial charge in [0.15, 0.2) is 0 Å². The molecule has 2 rings (SSSR count). The van der Waals surface area contributed by atoms with E-state index >= 15 is 0 Å². The summed E-state index contributed by atoms with van der Waals surface area (Å²) in [7, 11) is 0. The molecule has 1 aromatic carbocycles. The first-order valence-corrected chi connectivity index (χ1v) is 6.52. The van der Waals surface area contributed by atoms with Gasteiger partial charge in [-0.05, 0) is 32.0 Å². The minimum absolute atomic E-state index is 0.189. The number of benzene rings is 1. The summed E-state index contributed by atoms with van der Waals surface area (Å²) >= 11 is 6.13. The van der Waals surface area contributed by atoms with Gasteiger partial charge in [0.25, 0.3) is 0 Å². The molecule has 0 fully saturated rings. The van der Waals surface area contributed by atoms with E-state index in [-0.39, 0.29) is 12.6 Å². The number of esters is 1. The summed E-state index contributed by atoms with van der Waals surface area (Å²) in [5.41, 5.74) is 2.82. The minimum atomic E-state index is -0.389. The molecule has 0 aliphatic heterocycles. The normalized spacial score (nSPS) is 10.3. The first-order valence-electron chi connectivity index (χ1n) is 6.14. The second kappa shape index (κ2) is 5.92. The molecule has 0 aliphatic rings. The van der Waals surface area contributed by atoms with E-state index < -0.39 is 0 Å². The van der Waals surface area contributed by atoms with Crippen LogP contribution >= 0.6 is 11.6 Å². The number of halogens is 1. The third-order valence-corrected chi connectivity index (χ3v) is 3.41. The molecule has 0 saturated heterocycles. The molecule has 0 amide bonds. The highest BCUT2D eigenvalue weighted by Gasteiger charge is 2.13. The topological polar surface area (TPSA) is 44.1 Å². The Hall–Kier alpha value is -2.07. The molecular formula is C15H15ClN2O2. The van der Waals surface area contributed by atoms with Crippen LogP contribution in [0.5, 0.6) is 0 Å². The van der Waals surface area contributed by atoms with E-state index in [1.807, 2.05) is 19.9 Å². The van der Waals surface area contributed by atoms with Crippen molar-refractivity contribution in [2.24, 2.45) is 0 Å². The van der Waals surface area contributed by atoms with Crippen molar-refractivity contribution < 1.29 is 9.53 Å². The zero-order valence-corrected chi connectivity index (χ0v) is 12.1. The fourth-order valence-corrected chi connectivity index (χ4v) is 1.98. The standard InChI is InChI=1S/C15H15ClN2O2/c1-4-8-20-15(19)12-6-5-7-13(9-12)18-11(3)14(16)10(2)17-18/h4-7,9H,1,8H2,2-3H3. The van der Waals surface area contributed by atoms with Crippen molar-refractivity contribution in [2.45, 2.75) is 13.8 Å². The Morgan fingerprint density at radius 3 is 2.85 bits per heavy atom. The molecule has 5 heteroatoms. The SMILES string of the molecule is C=CCOC(=O)c1cccc(-n2nc(C)c(Cl)c2C)c1. The maximum atomic E-state index is 11.8. The van der Waals surface area contributed by atoms with E-state index in [1.54, 1.807) is 22.9 Å². The average molecular weight is 291 g/mol. The molecule has 0 aliphatic carbocycles. The molecule has 1 aromatic heterocycles. The van der Waals surface area contributed by atoms with E-state index in [1.165, 1.54) is 6.08 Å². The number of aryl methyl sites for hydroxylation is 1. The Morgan fingerprint density at radius 1 is 1.50 bits per heavy atom. The third kappa shape index (κ3) is 2.75. The van der Waals surface area contributed by atoms with Gasteiger partial charge >= 0.3 is 5.97 Å². The summed E-state index contributed by atoms with van der Waals surface area (Å²) in [5.74, 6) is -0.389. The lowest BCUT2D eigenvalue weighted by Gasteiger charge is -2.07. The van der Waals surface area contributed by atoms with Crippen LogP contribution in [0.15, 0.2) is 36.9 Å². The first kappa shape index (κ1) is 14.3. The maximum Gasteiger partial charge on any atom is 0.338 e. The van der Waals surface area contributed by atoms with Gasteiger partial charge in [0.05, 0.1) is 27.7 Å². The van der Waals surface area contributed by atoms with Gasteiger partial charge in [-0.2, -0.15) is 5.10 Å². The smallest absolute Gasteiger partial charge is 0.338 e. The molecule has 20 heavy (non-hydrogen) atoms. The van der Waals surface area contributed by atoms with Crippen molar-refractivity contribution in [1.29, 1.82) is 0 Å². The summed E-state index contributed by atoms with van der Waals surface area (Å²) in [6.45, 7) is 7.42. The van der Waals surface area contributed by atoms with E-state index in [4.69, 9.17) is 16.3 Å².